The molecule has 0 saturated carbocycles. The van der Waals surface area contributed by atoms with Gasteiger partial charge in [-0.3, -0.25) is 14.8 Å². The van der Waals surface area contributed by atoms with Crippen LogP contribution in [0.25, 0.3) is 32.2 Å². The Morgan fingerprint density at radius 1 is 1.12 bits per heavy atom. The third-order valence-electron chi connectivity index (χ3n) is 10.8. The number of pyridine rings is 1. The van der Waals surface area contributed by atoms with Crippen molar-refractivity contribution in [3.63, 3.8) is 0 Å². The van der Waals surface area contributed by atoms with E-state index in [2.05, 4.69) is 32.8 Å². The molecule has 3 fully saturated rings. The third-order valence-corrected chi connectivity index (χ3v) is 11.9. The highest BCUT2D eigenvalue weighted by Crippen LogP contribution is 2.48. The first-order valence-electron chi connectivity index (χ1n) is 18.0. The van der Waals surface area contributed by atoms with Crippen LogP contribution in [0.15, 0.2) is 6.20 Å². The number of nitrogens with zero attached hydrogens (tertiary/aromatic N) is 7. The minimum atomic E-state index is -0.627. The molecular formula is C37H46F2N8O3S. The summed E-state index contributed by atoms with van der Waals surface area (Å²) in [6, 6.07) is 2.78. The normalized spacial score (nSPS) is 22.3. The maximum Gasteiger partial charge on any atom is 0.319 e. The monoisotopic (exact) mass is 720 g/mol. The molecule has 0 amide bonds. The number of methoxy groups -OCH3 is 1. The number of nitriles is 1. The summed E-state index contributed by atoms with van der Waals surface area (Å²) in [7, 11) is 3.82. The number of nitrogens with two attached hydrogens (primary N) is 1. The first kappa shape index (κ1) is 35.7. The van der Waals surface area contributed by atoms with Gasteiger partial charge in [0, 0.05) is 62.4 Å². The van der Waals surface area contributed by atoms with Crippen molar-refractivity contribution in [1.82, 2.24) is 24.8 Å². The van der Waals surface area contributed by atoms with Gasteiger partial charge in [-0.25, -0.2) is 8.78 Å². The van der Waals surface area contributed by atoms with Crippen molar-refractivity contribution >= 4 is 43.1 Å². The van der Waals surface area contributed by atoms with Gasteiger partial charge in [0.25, 0.3) is 0 Å². The zero-order valence-electron chi connectivity index (χ0n) is 30.0. The number of likely N-dealkylation sites (N-methyl/N-ethyl adjacent to an activating group) is 1. The van der Waals surface area contributed by atoms with E-state index in [1.165, 1.54) is 0 Å². The van der Waals surface area contributed by atoms with Crippen LogP contribution in [0.1, 0.15) is 69.6 Å². The fourth-order valence-corrected chi connectivity index (χ4v) is 9.51. The minimum absolute atomic E-state index is 0.0796. The number of halogens is 2. The van der Waals surface area contributed by atoms with E-state index in [4.69, 9.17) is 29.9 Å². The zero-order chi connectivity index (χ0) is 36.0. The Kier molecular flexibility index (Phi) is 10.3. The van der Waals surface area contributed by atoms with Gasteiger partial charge in [0.1, 0.15) is 28.5 Å². The predicted molar refractivity (Wildman–Crippen MR) is 195 cm³/mol. The van der Waals surface area contributed by atoms with Gasteiger partial charge in [-0.2, -0.15) is 15.2 Å². The van der Waals surface area contributed by atoms with Gasteiger partial charge < -0.3 is 24.8 Å². The highest BCUT2D eigenvalue weighted by Gasteiger charge is 2.43. The maximum atomic E-state index is 17.5. The standard InChI is InChI=1S/C35H40F2N8O3S.C2H6/c1-18(25-6-4-9-43(25)2)48-35-41-31-28(34(42-35)45-19-7-8-20(45)15-44(14-19)10-5-11-46-3)23-17-47-16-22(23)26(29(31)37)30-27-21(12-38)33(39)49-32(27)24(36)13-40-30;1-2/h13,18-20,25H,4-11,14-17,39H2,1-3H3;1-2H3. The molecule has 8 rings (SSSR count). The van der Waals surface area contributed by atoms with Crippen molar-refractivity contribution in [2.45, 2.75) is 90.3 Å². The summed E-state index contributed by atoms with van der Waals surface area (Å²) in [6.45, 7) is 10.8. The molecule has 2 bridgehead atoms. The van der Waals surface area contributed by atoms with Crippen LogP contribution < -0.4 is 15.4 Å². The molecule has 4 unspecified atom stereocenters. The lowest BCUT2D eigenvalue weighted by molar-refractivity contribution is 0.112. The number of benzene rings is 1. The molecule has 4 aliphatic heterocycles. The minimum Gasteiger partial charge on any atom is -0.459 e. The van der Waals surface area contributed by atoms with E-state index in [0.29, 0.717) is 16.8 Å². The fourth-order valence-electron chi connectivity index (χ4n) is 8.59. The Hall–Kier alpha value is -3.74. The molecule has 272 valence electrons. The van der Waals surface area contributed by atoms with Gasteiger partial charge in [0.15, 0.2) is 11.6 Å². The van der Waals surface area contributed by atoms with Gasteiger partial charge in [0.05, 0.1) is 40.8 Å². The van der Waals surface area contributed by atoms with Crippen LogP contribution in [0.3, 0.4) is 0 Å². The Morgan fingerprint density at radius 3 is 2.55 bits per heavy atom. The highest BCUT2D eigenvalue weighted by atomic mass is 32.1. The number of ether oxygens (including phenoxy) is 3. The van der Waals surface area contributed by atoms with Gasteiger partial charge in [0.2, 0.25) is 0 Å². The average Bonchev–Trinajstić information content (AvgIpc) is 3.91. The maximum absolute atomic E-state index is 17.5. The second kappa shape index (κ2) is 14.7. The van der Waals surface area contributed by atoms with Gasteiger partial charge in [-0.05, 0) is 63.7 Å². The van der Waals surface area contributed by atoms with E-state index in [-0.39, 0.29) is 80.9 Å². The van der Waals surface area contributed by atoms with Gasteiger partial charge in [-0.15, -0.1) is 11.3 Å². The van der Waals surface area contributed by atoms with E-state index in [1.54, 1.807) is 7.11 Å². The summed E-state index contributed by atoms with van der Waals surface area (Å²) in [5, 5.41) is 11.0. The molecule has 1 aromatic carbocycles. The SMILES string of the molecule is CC.COCCCN1CC2CCC(C1)N2c1nc(OC(C)C2CCCN2C)nc2c(F)c(-c3ncc(F)c4sc(N)c(C#N)c34)c3c(c12)COC3. The molecule has 0 aliphatic carbocycles. The second-order valence-corrected chi connectivity index (χ2v) is 14.8. The van der Waals surface area contributed by atoms with Crippen LogP contribution in [-0.4, -0.2) is 95.9 Å². The van der Waals surface area contributed by atoms with Crippen LogP contribution in [0.5, 0.6) is 6.01 Å². The first-order valence-corrected chi connectivity index (χ1v) is 18.9. The number of aromatic nitrogens is 3. The molecule has 4 atom stereocenters. The largest absolute Gasteiger partial charge is 0.459 e. The highest BCUT2D eigenvalue weighted by molar-refractivity contribution is 7.23. The molecule has 14 heteroatoms. The Morgan fingerprint density at radius 2 is 1.86 bits per heavy atom. The molecule has 4 aromatic rings. The third kappa shape index (κ3) is 6.16. The number of fused-ring (bicyclic) bond motifs is 6. The molecule has 4 aliphatic rings. The van der Waals surface area contributed by atoms with Crippen molar-refractivity contribution in [3.8, 4) is 23.3 Å². The van der Waals surface area contributed by atoms with Crippen LogP contribution in [-0.2, 0) is 22.7 Å². The number of thiophene rings is 1. The molecular weight excluding hydrogens is 675 g/mol. The van der Waals surface area contributed by atoms with E-state index >= 15 is 8.78 Å². The summed E-state index contributed by atoms with van der Waals surface area (Å²) in [5.41, 5.74) is 8.01. The average molecular weight is 721 g/mol. The topological polar surface area (TPSA) is 126 Å². The molecule has 2 N–H and O–H groups in total. The first-order chi connectivity index (χ1) is 24.8. The molecule has 0 radical (unpaired) electrons. The number of hydrogen-bond acceptors (Lipinski definition) is 12. The van der Waals surface area contributed by atoms with E-state index < -0.39 is 11.6 Å². The lowest BCUT2D eigenvalue weighted by atomic mass is 9.93. The molecule has 3 saturated heterocycles. The van der Waals surface area contributed by atoms with E-state index in [0.717, 1.165) is 88.0 Å². The molecule has 11 nitrogen and oxygen atoms in total. The van der Waals surface area contributed by atoms with Gasteiger partial charge in [-0.1, -0.05) is 13.8 Å². The lowest BCUT2D eigenvalue weighted by Gasteiger charge is -2.42. The molecule has 7 heterocycles. The van der Waals surface area contributed by atoms with Crippen molar-refractivity contribution in [3.05, 3.63) is 34.5 Å². The van der Waals surface area contributed by atoms with Crippen LogP contribution in [0, 0.1) is 23.0 Å². The Labute approximate surface area is 301 Å². The number of anilines is 2. The molecule has 3 aromatic heterocycles. The number of nitrogen functional groups attached to an aromatic ring is 1. The van der Waals surface area contributed by atoms with E-state index in [9.17, 15) is 5.26 Å². The number of likely N-dealkylation sites (tertiary alicyclic amines) is 2. The lowest BCUT2D eigenvalue weighted by Crippen LogP contribution is -2.54. The molecule has 51 heavy (non-hydrogen) atoms. The zero-order valence-corrected chi connectivity index (χ0v) is 30.8. The van der Waals surface area contributed by atoms with Gasteiger partial charge >= 0.3 is 6.01 Å². The molecule has 0 spiro atoms. The summed E-state index contributed by atoms with van der Waals surface area (Å²) in [5.74, 6) is -0.579. The van der Waals surface area contributed by atoms with Crippen molar-refractivity contribution in [2.75, 3.05) is 57.6 Å². The smallest absolute Gasteiger partial charge is 0.319 e. The van der Waals surface area contributed by atoms with E-state index in [1.807, 2.05) is 20.8 Å². The van der Waals surface area contributed by atoms with Crippen molar-refractivity contribution in [2.24, 2.45) is 0 Å². The predicted octanol–water partition coefficient (Wildman–Crippen LogP) is 6.25. The van der Waals surface area contributed by atoms with Crippen LogP contribution in [0.2, 0.25) is 0 Å². The van der Waals surface area contributed by atoms with Crippen LogP contribution in [0.4, 0.5) is 19.6 Å². The Bertz CT molecular complexity index is 1970. The second-order valence-electron chi connectivity index (χ2n) is 13.7. The number of hydrogen-bond donors (Lipinski definition) is 1. The number of piperazine rings is 1. The quantitative estimate of drug-likeness (QED) is 0.197. The van der Waals surface area contributed by atoms with Crippen molar-refractivity contribution in [1.29, 1.82) is 5.26 Å². The van der Waals surface area contributed by atoms with Crippen LogP contribution >= 0.6 is 11.3 Å². The summed E-state index contributed by atoms with van der Waals surface area (Å²) >= 11 is 0.957. The summed E-state index contributed by atoms with van der Waals surface area (Å²) in [6.07, 6.45) is 5.88. The fraction of sp³-hybridized carbons (Fsp3) is 0.568. The Balaban J connectivity index is 0.00000200. The van der Waals surface area contributed by atoms with Crippen molar-refractivity contribution < 1.29 is 23.0 Å². The number of rotatable bonds is 9. The summed E-state index contributed by atoms with van der Waals surface area (Å²) in [4.78, 5) is 21.4. The summed E-state index contributed by atoms with van der Waals surface area (Å²) < 4.78 is 50.5.